The summed E-state index contributed by atoms with van der Waals surface area (Å²) in [5.74, 6) is 0. The van der Waals surface area contributed by atoms with Crippen LogP contribution in [0.1, 0.15) is 50.4 Å². The van der Waals surface area contributed by atoms with Gasteiger partial charge in [0.15, 0.2) is 0 Å². The van der Waals surface area contributed by atoms with Crippen molar-refractivity contribution < 1.29 is 0 Å². The van der Waals surface area contributed by atoms with Crippen molar-refractivity contribution in [3.8, 4) is 0 Å². The molecule has 1 aromatic heterocycles. The molecule has 0 fully saturated rings. The quantitative estimate of drug-likeness (QED) is 0.639. The highest BCUT2D eigenvalue weighted by Crippen LogP contribution is 2.08. The minimum atomic E-state index is 1.22. The molecule has 0 radical (unpaired) electrons. The van der Waals surface area contributed by atoms with Crippen molar-refractivity contribution in [2.75, 3.05) is 0 Å². The van der Waals surface area contributed by atoms with Gasteiger partial charge in [0.05, 0.1) is 0 Å². The van der Waals surface area contributed by atoms with E-state index in [1.165, 1.54) is 49.9 Å². The van der Waals surface area contributed by atoms with E-state index in [2.05, 4.69) is 31.0 Å². The highest BCUT2D eigenvalue weighted by Gasteiger charge is 1.94. The van der Waals surface area contributed by atoms with Crippen LogP contribution in [0.25, 0.3) is 0 Å². The monoisotopic (exact) mass is 179 g/mol. The molecule has 1 aromatic rings. The van der Waals surface area contributed by atoms with Crippen molar-refractivity contribution in [2.24, 2.45) is 0 Å². The molecule has 0 atom stereocenters. The zero-order valence-electron chi connectivity index (χ0n) is 8.90. The van der Waals surface area contributed by atoms with Crippen molar-refractivity contribution in [3.63, 3.8) is 0 Å². The van der Waals surface area contributed by atoms with Gasteiger partial charge in [-0.2, -0.15) is 0 Å². The van der Waals surface area contributed by atoms with Crippen molar-refractivity contribution in [2.45, 2.75) is 52.4 Å². The van der Waals surface area contributed by atoms with Crippen LogP contribution in [0.15, 0.2) is 12.1 Å². The van der Waals surface area contributed by atoms with Crippen molar-refractivity contribution in [1.29, 1.82) is 0 Å². The largest absolute Gasteiger partial charge is 0.363 e. The van der Waals surface area contributed by atoms with E-state index in [4.69, 9.17) is 0 Å². The number of aromatic nitrogens is 1. The van der Waals surface area contributed by atoms with Crippen molar-refractivity contribution in [3.05, 3.63) is 23.5 Å². The maximum Gasteiger partial charge on any atom is 0.0149 e. The Morgan fingerprint density at radius 2 is 1.85 bits per heavy atom. The van der Waals surface area contributed by atoms with Gasteiger partial charge in [-0.3, -0.25) is 0 Å². The highest BCUT2D eigenvalue weighted by molar-refractivity contribution is 5.11. The van der Waals surface area contributed by atoms with E-state index >= 15 is 0 Å². The van der Waals surface area contributed by atoms with Gasteiger partial charge in [-0.15, -0.1) is 0 Å². The molecule has 1 heterocycles. The Kier molecular flexibility index (Phi) is 4.66. The van der Waals surface area contributed by atoms with E-state index in [1.807, 2.05) is 0 Å². The van der Waals surface area contributed by atoms with Crippen LogP contribution in [0.5, 0.6) is 0 Å². The molecule has 13 heavy (non-hydrogen) atoms. The van der Waals surface area contributed by atoms with E-state index < -0.39 is 0 Å². The Morgan fingerprint density at radius 3 is 2.46 bits per heavy atom. The zero-order valence-corrected chi connectivity index (χ0v) is 8.90. The molecule has 0 spiro atoms. The average Bonchev–Trinajstić information content (AvgIpc) is 2.51. The van der Waals surface area contributed by atoms with Crippen molar-refractivity contribution in [1.82, 2.24) is 4.98 Å². The van der Waals surface area contributed by atoms with Crippen LogP contribution >= 0.6 is 0 Å². The van der Waals surface area contributed by atoms with E-state index in [1.54, 1.807) is 0 Å². The van der Waals surface area contributed by atoms with Gasteiger partial charge in [0, 0.05) is 11.4 Å². The minimum absolute atomic E-state index is 1.22. The number of aryl methyl sites for hydroxylation is 2. The molecular formula is C12H21N. The number of hydrogen-bond acceptors (Lipinski definition) is 0. The molecule has 0 unspecified atom stereocenters. The fourth-order valence-electron chi connectivity index (χ4n) is 1.63. The van der Waals surface area contributed by atoms with Crippen LogP contribution in [0.2, 0.25) is 0 Å². The van der Waals surface area contributed by atoms with Crippen LogP contribution in [-0.4, -0.2) is 4.98 Å². The molecule has 0 aliphatic heterocycles. The third-order valence-electron chi connectivity index (χ3n) is 2.44. The second-order valence-electron chi connectivity index (χ2n) is 3.83. The Balaban J connectivity index is 2.06. The minimum Gasteiger partial charge on any atom is -0.363 e. The zero-order chi connectivity index (χ0) is 9.52. The first kappa shape index (κ1) is 10.4. The molecule has 1 nitrogen and oxygen atoms in total. The fourth-order valence-corrected chi connectivity index (χ4v) is 1.63. The number of H-pyrrole nitrogens is 1. The first-order valence-electron chi connectivity index (χ1n) is 5.47. The summed E-state index contributed by atoms with van der Waals surface area (Å²) in [5, 5.41) is 0. The summed E-state index contributed by atoms with van der Waals surface area (Å²) in [6, 6.07) is 4.36. The predicted molar refractivity (Wildman–Crippen MR) is 58.0 cm³/mol. The lowest BCUT2D eigenvalue weighted by atomic mass is 10.1. The van der Waals surface area contributed by atoms with E-state index in [-0.39, 0.29) is 0 Å². The summed E-state index contributed by atoms with van der Waals surface area (Å²) in [7, 11) is 0. The second kappa shape index (κ2) is 5.85. The summed E-state index contributed by atoms with van der Waals surface area (Å²) < 4.78 is 0. The molecule has 0 aliphatic carbocycles. The van der Waals surface area contributed by atoms with Gasteiger partial charge < -0.3 is 4.98 Å². The van der Waals surface area contributed by atoms with Crippen LogP contribution < -0.4 is 0 Å². The lowest BCUT2D eigenvalue weighted by Gasteiger charge is -1.98. The summed E-state index contributed by atoms with van der Waals surface area (Å²) >= 11 is 0. The normalized spacial score (nSPS) is 10.6. The lowest BCUT2D eigenvalue weighted by molar-refractivity contribution is 0.629. The second-order valence-corrected chi connectivity index (χ2v) is 3.83. The standard InChI is InChI=1S/C12H21N/c1-3-4-5-6-7-8-12-10-9-11(2)13-12/h9-10,13H,3-8H2,1-2H3. The van der Waals surface area contributed by atoms with Gasteiger partial charge in [-0.05, 0) is 31.9 Å². The molecular weight excluding hydrogens is 158 g/mol. The first-order valence-corrected chi connectivity index (χ1v) is 5.47. The third kappa shape index (κ3) is 4.16. The molecule has 0 aliphatic rings. The number of nitrogens with one attached hydrogen (secondary N) is 1. The number of hydrogen-bond donors (Lipinski definition) is 1. The van der Waals surface area contributed by atoms with E-state index in [0.29, 0.717) is 0 Å². The maximum atomic E-state index is 3.37. The number of rotatable bonds is 6. The number of unbranched alkanes of at least 4 members (excludes halogenated alkanes) is 4. The van der Waals surface area contributed by atoms with Gasteiger partial charge in [0.25, 0.3) is 0 Å². The molecule has 0 saturated carbocycles. The molecule has 1 rings (SSSR count). The molecule has 0 amide bonds. The summed E-state index contributed by atoms with van der Waals surface area (Å²) in [4.78, 5) is 3.37. The lowest BCUT2D eigenvalue weighted by Crippen LogP contribution is -1.86. The number of aromatic amines is 1. The smallest absolute Gasteiger partial charge is 0.0149 e. The average molecular weight is 179 g/mol. The predicted octanol–water partition coefficient (Wildman–Crippen LogP) is 3.84. The third-order valence-corrected chi connectivity index (χ3v) is 2.44. The fraction of sp³-hybridized carbons (Fsp3) is 0.667. The SMILES string of the molecule is CCCCCCCc1ccc(C)[nH]1. The van der Waals surface area contributed by atoms with Gasteiger partial charge in [-0.1, -0.05) is 32.6 Å². The topological polar surface area (TPSA) is 15.8 Å². The Labute approximate surface area is 81.6 Å². The first-order chi connectivity index (χ1) is 6.33. The van der Waals surface area contributed by atoms with Crippen LogP contribution in [0.3, 0.4) is 0 Å². The van der Waals surface area contributed by atoms with Gasteiger partial charge in [-0.25, -0.2) is 0 Å². The van der Waals surface area contributed by atoms with Crippen LogP contribution in [-0.2, 0) is 6.42 Å². The van der Waals surface area contributed by atoms with Crippen LogP contribution in [0.4, 0.5) is 0 Å². The Morgan fingerprint density at radius 1 is 1.08 bits per heavy atom. The van der Waals surface area contributed by atoms with Gasteiger partial charge in [0.1, 0.15) is 0 Å². The van der Waals surface area contributed by atoms with Crippen LogP contribution in [0, 0.1) is 6.92 Å². The van der Waals surface area contributed by atoms with Gasteiger partial charge in [0.2, 0.25) is 0 Å². The molecule has 0 aromatic carbocycles. The Hall–Kier alpha value is -0.720. The van der Waals surface area contributed by atoms with E-state index in [0.717, 1.165) is 0 Å². The molecule has 74 valence electrons. The highest BCUT2D eigenvalue weighted by atomic mass is 14.7. The summed E-state index contributed by atoms with van der Waals surface area (Å²) in [6.45, 7) is 4.37. The molecule has 1 heteroatoms. The summed E-state index contributed by atoms with van der Waals surface area (Å²) in [6.07, 6.45) is 8.06. The maximum absolute atomic E-state index is 3.37. The van der Waals surface area contributed by atoms with Crippen molar-refractivity contribution >= 4 is 0 Å². The molecule has 0 saturated heterocycles. The van der Waals surface area contributed by atoms with E-state index in [9.17, 15) is 0 Å². The van der Waals surface area contributed by atoms with Gasteiger partial charge >= 0.3 is 0 Å². The molecule has 0 bridgehead atoms. The Bertz CT molecular complexity index is 225. The summed E-state index contributed by atoms with van der Waals surface area (Å²) in [5.41, 5.74) is 2.68. The molecule has 1 N–H and O–H groups in total.